The lowest BCUT2D eigenvalue weighted by molar-refractivity contribution is -0.109. The number of aromatic nitrogens is 3. The molecule has 0 fully saturated rings. The van der Waals surface area contributed by atoms with Crippen LogP contribution in [0.4, 0.5) is 0 Å². The van der Waals surface area contributed by atoms with Crippen LogP contribution in [0.5, 0.6) is 0 Å². The molecule has 0 saturated heterocycles. The van der Waals surface area contributed by atoms with Crippen molar-refractivity contribution in [3.05, 3.63) is 40.1 Å². The van der Waals surface area contributed by atoms with Crippen molar-refractivity contribution in [2.24, 2.45) is 5.92 Å². The van der Waals surface area contributed by atoms with Crippen molar-refractivity contribution in [1.82, 2.24) is 15.2 Å². The van der Waals surface area contributed by atoms with Crippen LogP contribution in [-0.4, -0.2) is 26.9 Å². The van der Waals surface area contributed by atoms with Crippen LogP contribution >= 0.6 is 11.3 Å². The number of hydrogen-bond acceptors (Lipinski definition) is 5. The highest BCUT2D eigenvalue weighted by atomic mass is 32.1. The van der Waals surface area contributed by atoms with E-state index in [9.17, 15) is 9.90 Å². The fraction of sp³-hybridized carbons (Fsp3) is 0.412. The van der Waals surface area contributed by atoms with Crippen LogP contribution in [0.3, 0.4) is 0 Å². The standard InChI is InChI=1S/C17H19N3O3S/c1-3-9(2)17(22)8-23-7-12-11-4-13(10-5-18-19-6-10)24-14(11)16(21)20-15(12)17/h4-6,9,22H,3,7-8H2,1-2H3,(H,18,19)(H,20,21)/t9?,17-/m0/s1. The average Bonchev–Trinajstić information content (AvgIpc) is 3.24. The van der Waals surface area contributed by atoms with Crippen LogP contribution in [0.2, 0.25) is 0 Å². The second-order valence-corrected chi connectivity index (χ2v) is 7.43. The van der Waals surface area contributed by atoms with Gasteiger partial charge in [0.05, 0.1) is 25.1 Å². The molecule has 0 aliphatic carbocycles. The molecule has 3 aromatic heterocycles. The first-order valence-electron chi connectivity index (χ1n) is 8.03. The van der Waals surface area contributed by atoms with Crippen molar-refractivity contribution in [3.63, 3.8) is 0 Å². The molecule has 1 aliphatic heterocycles. The van der Waals surface area contributed by atoms with E-state index in [1.165, 1.54) is 11.3 Å². The largest absolute Gasteiger partial charge is 0.381 e. The number of nitrogens with one attached hydrogen (secondary N) is 2. The zero-order chi connectivity index (χ0) is 16.9. The minimum Gasteiger partial charge on any atom is -0.381 e. The number of thiophene rings is 1. The number of aromatic amines is 2. The molecular formula is C17H19N3O3S. The number of nitrogens with zero attached hydrogens (tertiary/aromatic N) is 1. The Morgan fingerprint density at radius 2 is 2.38 bits per heavy atom. The molecule has 3 N–H and O–H groups in total. The Bertz CT molecular complexity index is 944. The molecular weight excluding hydrogens is 326 g/mol. The maximum absolute atomic E-state index is 12.6. The number of rotatable bonds is 3. The highest BCUT2D eigenvalue weighted by molar-refractivity contribution is 7.22. The Labute approximate surface area is 142 Å². The topological polar surface area (TPSA) is 91.0 Å². The van der Waals surface area contributed by atoms with Crippen molar-refractivity contribution in [3.8, 4) is 10.4 Å². The Hall–Kier alpha value is -1.96. The number of pyridine rings is 1. The van der Waals surface area contributed by atoms with Gasteiger partial charge in [-0.25, -0.2) is 0 Å². The second kappa shape index (κ2) is 5.54. The summed E-state index contributed by atoms with van der Waals surface area (Å²) in [6.07, 6.45) is 4.33. The van der Waals surface area contributed by atoms with Gasteiger partial charge in [0.25, 0.3) is 5.56 Å². The van der Waals surface area contributed by atoms with Crippen LogP contribution in [0.15, 0.2) is 23.3 Å². The molecule has 0 radical (unpaired) electrons. The van der Waals surface area contributed by atoms with Gasteiger partial charge >= 0.3 is 0 Å². The smallest absolute Gasteiger partial charge is 0.266 e. The third-order valence-electron chi connectivity index (χ3n) is 5.02. The molecule has 7 heteroatoms. The lowest BCUT2D eigenvalue weighted by Gasteiger charge is -2.38. The van der Waals surface area contributed by atoms with Crippen molar-refractivity contribution < 1.29 is 9.84 Å². The van der Waals surface area contributed by atoms with Crippen molar-refractivity contribution >= 4 is 21.4 Å². The first-order chi connectivity index (χ1) is 11.5. The molecule has 0 amide bonds. The molecule has 2 atom stereocenters. The van der Waals surface area contributed by atoms with Crippen LogP contribution in [0, 0.1) is 5.92 Å². The van der Waals surface area contributed by atoms with Gasteiger partial charge < -0.3 is 14.8 Å². The summed E-state index contributed by atoms with van der Waals surface area (Å²) >= 11 is 1.43. The summed E-state index contributed by atoms with van der Waals surface area (Å²) in [5.41, 5.74) is 1.11. The predicted molar refractivity (Wildman–Crippen MR) is 93.0 cm³/mol. The fourth-order valence-electron chi connectivity index (χ4n) is 3.32. The third kappa shape index (κ3) is 2.16. The molecule has 4 rings (SSSR count). The minimum atomic E-state index is -1.16. The van der Waals surface area contributed by atoms with E-state index in [-0.39, 0.29) is 18.1 Å². The van der Waals surface area contributed by atoms with E-state index in [0.29, 0.717) is 17.0 Å². The monoisotopic (exact) mass is 345 g/mol. The maximum atomic E-state index is 12.6. The van der Waals surface area contributed by atoms with Crippen LogP contribution < -0.4 is 5.56 Å². The molecule has 4 heterocycles. The minimum absolute atomic E-state index is 0.0170. The molecule has 1 aliphatic rings. The van der Waals surface area contributed by atoms with E-state index < -0.39 is 5.60 Å². The highest BCUT2D eigenvalue weighted by Crippen LogP contribution is 2.41. The van der Waals surface area contributed by atoms with E-state index in [0.717, 1.165) is 27.8 Å². The molecule has 0 aromatic carbocycles. The Morgan fingerprint density at radius 1 is 1.54 bits per heavy atom. The van der Waals surface area contributed by atoms with Crippen molar-refractivity contribution in [2.45, 2.75) is 32.5 Å². The third-order valence-corrected chi connectivity index (χ3v) is 6.20. The maximum Gasteiger partial charge on any atom is 0.266 e. The normalized spacial score (nSPS) is 21.8. The van der Waals surface area contributed by atoms with E-state index in [2.05, 4.69) is 15.2 Å². The summed E-state index contributed by atoms with van der Waals surface area (Å²) in [4.78, 5) is 16.5. The van der Waals surface area contributed by atoms with Gasteiger partial charge in [0.1, 0.15) is 10.3 Å². The van der Waals surface area contributed by atoms with Gasteiger partial charge in [-0.3, -0.25) is 9.89 Å². The fourth-order valence-corrected chi connectivity index (χ4v) is 4.38. The molecule has 0 spiro atoms. The van der Waals surface area contributed by atoms with Gasteiger partial charge in [-0.2, -0.15) is 5.10 Å². The lowest BCUT2D eigenvalue weighted by atomic mass is 9.81. The summed E-state index contributed by atoms with van der Waals surface area (Å²) in [6, 6.07) is 1.99. The zero-order valence-electron chi connectivity index (χ0n) is 13.5. The van der Waals surface area contributed by atoms with E-state index >= 15 is 0 Å². The van der Waals surface area contributed by atoms with Gasteiger partial charge in [-0.05, 0) is 12.0 Å². The molecule has 24 heavy (non-hydrogen) atoms. The molecule has 0 saturated carbocycles. The molecule has 0 bridgehead atoms. The van der Waals surface area contributed by atoms with Gasteiger partial charge in [-0.15, -0.1) is 11.3 Å². The highest BCUT2D eigenvalue weighted by Gasteiger charge is 2.41. The van der Waals surface area contributed by atoms with Crippen molar-refractivity contribution in [1.29, 1.82) is 0 Å². The summed E-state index contributed by atoms with van der Waals surface area (Å²) in [5, 5.41) is 18.8. The molecule has 1 unspecified atom stereocenters. The Kier molecular flexibility index (Phi) is 3.59. The predicted octanol–water partition coefficient (Wildman–Crippen LogP) is 2.74. The SMILES string of the molecule is CCC(C)[C@@]1(O)COCc2c1[nH]c(=O)c1sc(-c3cn[nH]c3)cc21. The first-order valence-corrected chi connectivity index (χ1v) is 8.84. The first kappa shape index (κ1) is 15.6. The number of ether oxygens (including phenoxy) is 1. The summed E-state index contributed by atoms with van der Waals surface area (Å²) in [6.45, 7) is 4.60. The zero-order valence-corrected chi connectivity index (χ0v) is 14.4. The average molecular weight is 345 g/mol. The van der Waals surface area contributed by atoms with Gasteiger partial charge in [0.15, 0.2) is 0 Å². The second-order valence-electron chi connectivity index (χ2n) is 6.37. The number of fused-ring (bicyclic) bond motifs is 3. The van der Waals surface area contributed by atoms with Crippen LogP contribution in [0.25, 0.3) is 20.5 Å². The van der Waals surface area contributed by atoms with Crippen molar-refractivity contribution in [2.75, 3.05) is 6.61 Å². The molecule has 3 aromatic rings. The van der Waals surface area contributed by atoms with E-state index in [1.54, 1.807) is 12.4 Å². The van der Waals surface area contributed by atoms with Gasteiger partial charge in [0.2, 0.25) is 0 Å². The van der Waals surface area contributed by atoms with Gasteiger partial charge in [0, 0.05) is 27.6 Å². The summed E-state index contributed by atoms with van der Waals surface area (Å²) in [5.74, 6) is -0.0170. The number of aliphatic hydroxyl groups is 1. The van der Waals surface area contributed by atoms with Gasteiger partial charge in [-0.1, -0.05) is 20.3 Å². The van der Waals surface area contributed by atoms with E-state index in [1.807, 2.05) is 19.9 Å². The Balaban J connectivity index is 1.97. The van der Waals surface area contributed by atoms with Crippen LogP contribution in [0.1, 0.15) is 31.5 Å². The molecule has 6 nitrogen and oxygen atoms in total. The lowest BCUT2D eigenvalue weighted by Crippen LogP contribution is -2.44. The summed E-state index contributed by atoms with van der Waals surface area (Å²) < 4.78 is 6.35. The van der Waals surface area contributed by atoms with Crippen LogP contribution in [-0.2, 0) is 16.9 Å². The summed E-state index contributed by atoms with van der Waals surface area (Å²) in [7, 11) is 0. The number of H-pyrrole nitrogens is 2. The Morgan fingerprint density at radius 3 is 3.08 bits per heavy atom. The van der Waals surface area contributed by atoms with E-state index in [4.69, 9.17) is 4.74 Å². The number of hydrogen-bond donors (Lipinski definition) is 3. The molecule has 126 valence electrons. The quantitative estimate of drug-likeness (QED) is 0.681.